The first kappa shape index (κ1) is 23.9. The monoisotopic (exact) mass is 493 g/mol. The van der Waals surface area contributed by atoms with Crippen molar-refractivity contribution in [3.63, 3.8) is 0 Å². The van der Waals surface area contributed by atoms with Crippen molar-refractivity contribution in [3.05, 3.63) is 23.9 Å². The molecule has 0 aliphatic carbocycles. The maximum atomic E-state index is 10.7. The largest absolute Gasteiger partial charge is 0.481 e. The summed E-state index contributed by atoms with van der Waals surface area (Å²) in [5.74, 6) is 1.26. The fourth-order valence-electron chi connectivity index (χ4n) is 2.71. The van der Waals surface area contributed by atoms with E-state index in [0.717, 1.165) is 38.4 Å². The lowest BCUT2D eigenvalue weighted by molar-refractivity contribution is -0.0201. The smallest absolute Gasteiger partial charge is 0.212 e. The number of β-amino-alcohol motifs (C(OH)–C–C–N with tert-alkyl or cyclic N) is 1. The zero-order valence-electron chi connectivity index (χ0n) is 16.4. The summed E-state index contributed by atoms with van der Waals surface area (Å²) in [6, 6.07) is 3.76. The summed E-state index contributed by atoms with van der Waals surface area (Å²) in [5, 5.41) is 17.1. The first-order chi connectivity index (χ1) is 12.5. The van der Waals surface area contributed by atoms with E-state index in [-0.39, 0.29) is 24.0 Å². The van der Waals surface area contributed by atoms with E-state index in [2.05, 4.69) is 25.5 Å². The average molecular weight is 493 g/mol. The molecule has 0 aromatic carbocycles. The molecule has 1 fully saturated rings. The molecule has 1 aliphatic heterocycles. The molecule has 0 amide bonds. The number of methoxy groups -OCH3 is 1. The zero-order valence-corrected chi connectivity index (χ0v) is 18.7. The molecule has 27 heavy (non-hydrogen) atoms. The van der Waals surface area contributed by atoms with E-state index in [4.69, 9.17) is 9.47 Å². The van der Waals surface area contributed by atoms with Gasteiger partial charge in [0, 0.05) is 45.0 Å². The van der Waals surface area contributed by atoms with E-state index in [1.807, 2.05) is 26.0 Å². The van der Waals surface area contributed by atoms with Crippen LogP contribution in [0.3, 0.4) is 0 Å². The van der Waals surface area contributed by atoms with Crippen molar-refractivity contribution in [3.8, 4) is 5.88 Å². The topological polar surface area (TPSA) is 91.2 Å². The highest BCUT2D eigenvalue weighted by atomic mass is 127. The quantitative estimate of drug-likeness (QED) is 0.281. The number of aliphatic hydroxyl groups is 1. The van der Waals surface area contributed by atoms with Crippen LogP contribution in [0.2, 0.25) is 0 Å². The fraction of sp³-hybridized carbons (Fsp3) is 0.667. The molecule has 2 rings (SSSR count). The average Bonchev–Trinajstić information content (AvgIpc) is 2.65. The molecule has 1 aromatic heterocycles. The van der Waals surface area contributed by atoms with E-state index in [9.17, 15) is 5.11 Å². The summed E-state index contributed by atoms with van der Waals surface area (Å²) in [7, 11) is 1.59. The summed E-state index contributed by atoms with van der Waals surface area (Å²) in [5.41, 5.74) is 0.137. The second-order valence-corrected chi connectivity index (χ2v) is 6.64. The predicted molar refractivity (Wildman–Crippen MR) is 117 cm³/mol. The third-order valence-corrected chi connectivity index (χ3v) is 4.08. The molecular weight excluding hydrogens is 461 g/mol. The van der Waals surface area contributed by atoms with Gasteiger partial charge in [0.2, 0.25) is 5.88 Å². The van der Waals surface area contributed by atoms with Crippen LogP contribution in [0.4, 0.5) is 0 Å². The number of hydrogen-bond acceptors (Lipinski definition) is 6. The Balaban J connectivity index is 0.00000364. The Kier molecular flexibility index (Phi) is 10.9. The highest BCUT2D eigenvalue weighted by Crippen LogP contribution is 2.09. The number of ether oxygens (including phenoxy) is 2. The molecule has 0 bridgehead atoms. The number of guanidine groups is 1. The number of nitrogens with one attached hydrogen (secondary N) is 2. The molecule has 8 nitrogen and oxygen atoms in total. The number of aliphatic imine (C=N–C) groups is 1. The highest BCUT2D eigenvalue weighted by Gasteiger charge is 2.25. The Hall–Kier alpha value is -1.17. The van der Waals surface area contributed by atoms with Gasteiger partial charge in [-0.25, -0.2) is 9.98 Å². The third-order valence-electron chi connectivity index (χ3n) is 4.08. The molecule has 1 aliphatic rings. The second-order valence-electron chi connectivity index (χ2n) is 6.64. The van der Waals surface area contributed by atoms with Gasteiger partial charge in [0.1, 0.15) is 0 Å². The normalized spacial score (nSPS) is 17.6. The standard InChI is InChI=1S/C18H31N5O3.HI/c1-4-19-17(21-12-15-5-6-16(25-3)20-11-15)22-13-18(2,24)14-23-7-9-26-10-8-23;/h5-6,11,24H,4,7-10,12-14H2,1-3H3,(H2,19,21,22);1H. The van der Waals surface area contributed by atoms with Gasteiger partial charge in [-0.05, 0) is 19.4 Å². The van der Waals surface area contributed by atoms with Crippen LogP contribution < -0.4 is 15.4 Å². The third kappa shape index (κ3) is 9.04. The van der Waals surface area contributed by atoms with Crippen LogP contribution >= 0.6 is 24.0 Å². The van der Waals surface area contributed by atoms with E-state index in [0.29, 0.717) is 31.5 Å². The number of rotatable bonds is 8. The van der Waals surface area contributed by atoms with Crippen LogP contribution in [-0.2, 0) is 11.3 Å². The van der Waals surface area contributed by atoms with Crippen molar-refractivity contribution < 1.29 is 14.6 Å². The summed E-state index contributed by atoms with van der Waals surface area (Å²) in [6.45, 7) is 9.28. The summed E-state index contributed by atoms with van der Waals surface area (Å²) < 4.78 is 10.4. The van der Waals surface area contributed by atoms with Gasteiger partial charge < -0.3 is 25.2 Å². The molecule has 1 unspecified atom stereocenters. The lowest BCUT2D eigenvalue weighted by Crippen LogP contribution is -2.52. The minimum Gasteiger partial charge on any atom is -0.481 e. The molecule has 1 aromatic rings. The first-order valence-corrected chi connectivity index (χ1v) is 9.06. The van der Waals surface area contributed by atoms with Crippen LogP contribution in [0.5, 0.6) is 5.88 Å². The van der Waals surface area contributed by atoms with Gasteiger partial charge in [-0.2, -0.15) is 0 Å². The maximum absolute atomic E-state index is 10.7. The number of halogens is 1. The molecule has 9 heteroatoms. The van der Waals surface area contributed by atoms with Crippen LogP contribution in [-0.4, -0.2) is 79.6 Å². The van der Waals surface area contributed by atoms with Gasteiger partial charge in [-0.15, -0.1) is 24.0 Å². The Morgan fingerprint density at radius 1 is 1.37 bits per heavy atom. The van der Waals surface area contributed by atoms with Gasteiger partial charge >= 0.3 is 0 Å². The zero-order chi connectivity index (χ0) is 18.8. The molecule has 0 radical (unpaired) electrons. The van der Waals surface area contributed by atoms with Crippen molar-refractivity contribution in [2.45, 2.75) is 26.0 Å². The van der Waals surface area contributed by atoms with Gasteiger partial charge in [0.15, 0.2) is 5.96 Å². The molecule has 3 N–H and O–H groups in total. The Labute approximate surface area is 178 Å². The van der Waals surface area contributed by atoms with Crippen LogP contribution in [0.1, 0.15) is 19.4 Å². The lowest BCUT2D eigenvalue weighted by Gasteiger charge is -2.34. The molecule has 1 saturated heterocycles. The van der Waals surface area contributed by atoms with E-state index < -0.39 is 5.60 Å². The molecule has 0 spiro atoms. The Bertz CT molecular complexity index is 563. The number of morpholine rings is 1. The highest BCUT2D eigenvalue weighted by molar-refractivity contribution is 14.0. The van der Waals surface area contributed by atoms with E-state index in [1.165, 1.54) is 0 Å². The molecule has 2 heterocycles. The molecule has 1 atom stereocenters. The Morgan fingerprint density at radius 2 is 2.11 bits per heavy atom. The van der Waals surface area contributed by atoms with Gasteiger partial charge in [-0.3, -0.25) is 4.90 Å². The van der Waals surface area contributed by atoms with Gasteiger partial charge in [0.05, 0.1) is 32.5 Å². The van der Waals surface area contributed by atoms with Crippen molar-refractivity contribution in [1.82, 2.24) is 20.5 Å². The first-order valence-electron chi connectivity index (χ1n) is 9.06. The van der Waals surface area contributed by atoms with Crippen LogP contribution in [0.15, 0.2) is 23.3 Å². The minimum atomic E-state index is -0.852. The van der Waals surface area contributed by atoms with Gasteiger partial charge in [-0.1, -0.05) is 6.07 Å². The number of nitrogens with zero attached hydrogens (tertiary/aromatic N) is 3. The van der Waals surface area contributed by atoms with E-state index in [1.54, 1.807) is 13.3 Å². The van der Waals surface area contributed by atoms with Crippen molar-refractivity contribution in [2.24, 2.45) is 4.99 Å². The predicted octanol–water partition coefficient (Wildman–Crippen LogP) is 0.847. The number of aromatic nitrogens is 1. The van der Waals surface area contributed by atoms with Crippen LogP contribution in [0.25, 0.3) is 0 Å². The van der Waals surface area contributed by atoms with Crippen molar-refractivity contribution in [2.75, 3.05) is 53.0 Å². The summed E-state index contributed by atoms with van der Waals surface area (Å²) >= 11 is 0. The lowest BCUT2D eigenvalue weighted by atomic mass is 10.1. The number of pyridine rings is 1. The van der Waals surface area contributed by atoms with Crippen molar-refractivity contribution >= 4 is 29.9 Å². The van der Waals surface area contributed by atoms with Gasteiger partial charge in [0.25, 0.3) is 0 Å². The summed E-state index contributed by atoms with van der Waals surface area (Å²) in [6.07, 6.45) is 1.75. The molecular formula is C18H32IN5O3. The van der Waals surface area contributed by atoms with Crippen LogP contribution in [0, 0.1) is 0 Å². The van der Waals surface area contributed by atoms with Crippen molar-refractivity contribution in [1.29, 1.82) is 0 Å². The maximum Gasteiger partial charge on any atom is 0.212 e. The minimum absolute atomic E-state index is 0. The second kappa shape index (κ2) is 12.3. The molecule has 154 valence electrons. The van der Waals surface area contributed by atoms with E-state index >= 15 is 0 Å². The number of hydrogen-bond donors (Lipinski definition) is 3. The Morgan fingerprint density at radius 3 is 2.70 bits per heavy atom. The SMILES string of the molecule is CCNC(=NCc1ccc(OC)nc1)NCC(C)(O)CN1CCOCC1.I. The summed E-state index contributed by atoms with van der Waals surface area (Å²) in [4.78, 5) is 11.0. The molecule has 0 saturated carbocycles. The fourth-order valence-corrected chi connectivity index (χ4v) is 2.71.